The van der Waals surface area contributed by atoms with E-state index in [-0.39, 0.29) is 59.1 Å². The van der Waals surface area contributed by atoms with Crippen molar-refractivity contribution in [2.75, 3.05) is 0 Å². The molecule has 0 saturated heterocycles. The van der Waals surface area contributed by atoms with E-state index < -0.39 is 25.9 Å². The number of hydrogen-bond donors (Lipinski definition) is 1. The summed E-state index contributed by atoms with van der Waals surface area (Å²) in [5.41, 5.74) is 0. The molecule has 0 aromatic heterocycles. The van der Waals surface area contributed by atoms with Crippen LogP contribution >= 0.6 is 0 Å². The van der Waals surface area contributed by atoms with Crippen molar-refractivity contribution < 1.29 is 84.6 Å². The van der Waals surface area contributed by atoms with Crippen molar-refractivity contribution in [1.82, 2.24) is 0 Å². The standard InChI is InChI=1S/Al.2Na.H2O4S.H2O.O/c;;;1-5(2,3)4;;/h;;;(H2,1,2,3,4);1H2;/q3*+1;;;/p-3. The Labute approximate surface area is 109 Å². The van der Waals surface area contributed by atoms with Crippen LogP contribution in [0, 0.1) is 0 Å². The molecule has 10 heavy (non-hydrogen) atoms. The average molecular weight is 202 g/mol. The summed E-state index contributed by atoms with van der Waals surface area (Å²) in [4.78, 5) is 0. The Morgan fingerprint density at radius 3 is 1.20 bits per heavy atom. The van der Waals surface area contributed by atoms with Crippen LogP contribution in [0.15, 0.2) is 0 Å². The summed E-state index contributed by atoms with van der Waals surface area (Å²) < 4.78 is 49.8. The SMILES string of the molecule is O=S(=O)([O-])[O-].[Na+].[Na+].[O]=[Al][OH]. The van der Waals surface area contributed by atoms with Crippen LogP contribution in [0.1, 0.15) is 0 Å². The van der Waals surface area contributed by atoms with Crippen molar-refractivity contribution in [3.8, 4) is 0 Å². The molecule has 1 N–H and O–H groups in total. The Morgan fingerprint density at radius 2 is 1.20 bits per heavy atom. The predicted molar refractivity (Wildman–Crippen MR) is 19.1 cm³/mol. The van der Waals surface area contributed by atoms with Gasteiger partial charge in [0, 0.05) is 10.4 Å². The van der Waals surface area contributed by atoms with Gasteiger partial charge in [-0.05, 0) is 0 Å². The van der Waals surface area contributed by atoms with Gasteiger partial charge < -0.3 is 9.11 Å². The van der Waals surface area contributed by atoms with Crippen molar-refractivity contribution in [1.29, 1.82) is 0 Å². The zero-order valence-corrected chi connectivity index (χ0v) is 11.4. The molecule has 0 aliphatic rings. The van der Waals surface area contributed by atoms with Crippen LogP contribution in [0.25, 0.3) is 0 Å². The van der Waals surface area contributed by atoms with Crippen LogP contribution in [-0.4, -0.2) is 37.2 Å². The van der Waals surface area contributed by atoms with Crippen molar-refractivity contribution >= 4 is 25.9 Å². The summed E-state index contributed by atoms with van der Waals surface area (Å²) in [7, 11) is -5.17. The summed E-state index contributed by atoms with van der Waals surface area (Å²) in [6.45, 7) is 0. The predicted octanol–water partition coefficient (Wildman–Crippen LogP) is -8.39. The van der Waals surface area contributed by atoms with E-state index in [1.807, 2.05) is 0 Å². The molecular weight excluding hydrogens is 201 g/mol. The van der Waals surface area contributed by atoms with Gasteiger partial charge in [0.2, 0.25) is 0 Å². The van der Waals surface area contributed by atoms with Crippen LogP contribution in [0.2, 0.25) is 0 Å². The Hall–Kier alpha value is 2.00. The minimum atomic E-state index is -5.17. The minimum absolute atomic E-state index is 0. The first-order valence-corrected chi connectivity index (χ1v) is 3.48. The second-order valence-electron chi connectivity index (χ2n) is 0.514. The van der Waals surface area contributed by atoms with Crippen LogP contribution in [-0.2, 0) is 14.2 Å². The fourth-order valence-corrected chi connectivity index (χ4v) is 0. The van der Waals surface area contributed by atoms with Gasteiger partial charge in [-0.25, -0.2) is 0 Å². The molecule has 0 aliphatic heterocycles. The molecule has 0 atom stereocenters. The third kappa shape index (κ3) is 202. The Kier molecular flexibility index (Phi) is 30.8. The van der Waals surface area contributed by atoms with E-state index in [2.05, 4.69) is 0 Å². The van der Waals surface area contributed by atoms with E-state index in [1.54, 1.807) is 0 Å². The maximum atomic E-state index is 8.57. The summed E-state index contributed by atoms with van der Waals surface area (Å²) >= 11 is -1.50. The molecule has 10 heteroatoms. The van der Waals surface area contributed by atoms with Crippen molar-refractivity contribution in [3.05, 3.63) is 0 Å². The second-order valence-corrected chi connectivity index (χ2v) is 1.54. The fourth-order valence-electron chi connectivity index (χ4n) is 0. The number of hydrogen-bond acceptors (Lipinski definition) is 5. The van der Waals surface area contributed by atoms with Crippen molar-refractivity contribution in [2.24, 2.45) is 0 Å². The molecule has 0 fully saturated rings. The first-order chi connectivity index (χ1) is 3.41. The molecule has 0 heterocycles. The zero-order chi connectivity index (χ0) is 7.21. The van der Waals surface area contributed by atoms with Gasteiger partial charge in [0.25, 0.3) is 0 Å². The van der Waals surface area contributed by atoms with Gasteiger partial charge in [-0.3, -0.25) is 8.42 Å². The molecule has 0 rings (SSSR count). The monoisotopic (exact) mass is 202 g/mol. The summed E-state index contributed by atoms with van der Waals surface area (Å²) in [5.74, 6) is 0. The van der Waals surface area contributed by atoms with Crippen molar-refractivity contribution in [2.45, 2.75) is 0 Å². The van der Waals surface area contributed by atoms with E-state index in [0.29, 0.717) is 0 Å². The Morgan fingerprint density at radius 1 is 1.20 bits per heavy atom. The molecular formula is HAlNa2O6S. The third-order valence-corrected chi connectivity index (χ3v) is 0. The maximum absolute atomic E-state index is 8.57. The molecule has 0 saturated carbocycles. The van der Waals surface area contributed by atoms with Crippen LogP contribution < -0.4 is 59.1 Å². The van der Waals surface area contributed by atoms with Crippen molar-refractivity contribution in [3.63, 3.8) is 0 Å². The van der Waals surface area contributed by atoms with Gasteiger partial charge in [-0.15, -0.1) is 0 Å². The second kappa shape index (κ2) is 13.6. The van der Waals surface area contributed by atoms with Crippen LogP contribution in [0.4, 0.5) is 0 Å². The zero-order valence-electron chi connectivity index (χ0n) is 5.47. The molecule has 0 unspecified atom stereocenters. The molecule has 48 valence electrons. The molecule has 0 aromatic rings. The van der Waals surface area contributed by atoms with E-state index >= 15 is 0 Å². The Bertz CT molecular complexity index is 130. The third-order valence-electron chi connectivity index (χ3n) is 0. The van der Waals surface area contributed by atoms with Gasteiger partial charge in [0.15, 0.2) is 0 Å². The Balaban J connectivity index is -0.0000000326. The van der Waals surface area contributed by atoms with E-state index in [4.69, 9.17) is 25.5 Å². The normalized spacial score (nSPS) is 6.60. The molecule has 0 aromatic carbocycles. The first kappa shape index (κ1) is 22.7. The van der Waals surface area contributed by atoms with Gasteiger partial charge in [0.05, 0.1) is 0 Å². The average Bonchev–Trinajstić information content (AvgIpc) is 1.27. The van der Waals surface area contributed by atoms with E-state index in [0.717, 1.165) is 0 Å². The van der Waals surface area contributed by atoms with E-state index in [1.165, 1.54) is 0 Å². The summed E-state index contributed by atoms with van der Waals surface area (Å²) in [6, 6.07) is 0. The molecule has 0 radical (unpaired) electrons. The first-order valence-electron chi connectivity index (χ1n) is 1.16. The molecule has 0 bridgehead atoms. The van der Waals surface area contributed by atoms with Gasteiger partial charge in [-0.2, -0.15) is 0 Å². The van der Waals surface area contributed by atoms with Crippen LogP contribution in [0.3, 0.4) is 0 Å². The van der Waals surface area contributed by atoms with Gasteiger partial charge >= 0.3 is 82.6 Å². The molecule has 0 spiro atoms. The van der Waals surface area contributed by atoms with Gasteiger partial charge in [0.1, 0.15) is 0 Å². The molecule has 0 amide bonds. The summed E-state index contributed by atoms with van der Waals surface area (Å²) in [5, 5.41) is 0. The van der Waals surface area contributed by atoms with Gasteiger partial charge in [-0.1, -0.05) is 0 Å². The molecule has 0 aliphatic carbocycles. The van der Waals surface area contributed by atoms with E-state index in [9.17, 15) is 0 Å². The fraction of sp³-hybridized carbons (Fsp3) is 0. The summed E-state index contributed by atoms with van der Waals surface area (Å²) in [6.07, 6.45) is 0. The number of rotatable bonds is 0. The topological polar surface area (TPSA) is 118 Å². The molecule has 6 nitrogen and oxygen atoms in total. The van der Waals surface area contributed by atoms with Crippen LogP contribution in [0.5, 0.6) is 0 Å². The quantitative estimate of drug-likeness (QED) is 0.237.